The molecular weight excluding hydrogens is 371 g/mol. The second kappa shape index (κ2) is 10.0. The van der Waals surface area contributed by atoms with Crippen LogP contribution in [0.4, 0.5) is 14.9 Å². The molecule has 0 bridgehead atoms. The largest absolute Gasteiger partial charge is 0.505 e. The number of ether oxygens (including phenoxy) is 2. The number of halogens is 1. The van der Waals surface area contributed by atoms with Crippen molar-refractivity contribution in [3.8, 4) is 5.75 Å². The maximum Gasteiger partial charge on any atom is 0.412 e. The Morgan fingerprint density at radius 3 is 2.50 bits per heavy atom. The van der Waals surface area contributed by atoms with Gasteiger partial charge in [-0.3, -0.25) is 15.3 Å². The van der Waals surface area contributed by atoms with Crippen molar-refractivity contribution in [3.63, 3.8) is 0 Å². The van der Waals surface area contributed by atoms with E-state index in [4.69, 9.17) is 14.7 Å². The highest BCUT2D eigenvalue weighted by Crippen LogP contribution is 2.28. The number of phenols is 1. The average molecular weight is 390 g/mol. The van der Waals surface area contributed by atoms with E-state index in [0.29, 0.717) is 5.69 Å². The van der Waals surface area contributed by atoms with Crippen LogP contribution in [0.1, 0.15) is 11.7 Å². The Labute approximate surface area is 160 Å². The normalized spacial score (nSPS) is 13.0. The molecule has 2 aromatic rings. The topological polar surface area (TPSA) is 117 Å². The van der Waals surface area contributed by atoms with Gasteiger partial charge < -0.3 is 14.6 Å². The first kappa shape index (κ1) is 20.9. The SMILES string of the molecule is CO[C@H](/C=C/C(=O)NO)[C@H](OC(=O)Nc1ccccc1)c1ccc(O)c(F)c1. The molecule has 2 amide bonds. The van der Waals surface area contributed by atoms with Gasteiger partial charge in [0.25, 0.3) is 5.91 Å². The van der Waals surface area contributed by atoms with E-state index in [0.717, 1.165) is 18.2 Å². The van der Waals surface area contributed by atoms with Gasteiger partial charge in [-0.05, 0) is 35.9 Å². The van der Waals surface area contributed by atoms with Crippen molar-refractivity contribution in [3.05, 3.63) is 72.1 Å². The van der Waals surface area contributed by atoms with E-state index in [1.807, 2.05) is 0 Å². The van der Waals surface area contributed by atoms with Crippen LogP contribution in [0.15, 0.2) is 60.7 Å². The highest BCUT2D eigenvalue weighted by molar-refractivity contribution is 5.86. The maximum absolute atomic E-state index is 13.8. The molecule has 0 aliphatic heterocycles. The number of benzene rings is 2. The van der Waals surface area contributed by atoms with Gasteiger partial charge in [0, 0.05) is 18.9 Å². The maximum atomic E-state index is 13.8. The Kier molecular flexibility index (Phi) is 7.49. The van der Waals surface area contributed by atoms with Crippen LogP contribution in [-0.4, -0.2) is 35.5 Å². The molecule has 28 heavy (non-hydrogen) atoms. The highest BCUT2D eigenvalue weighted by Gasteiger charge is 2.26. The van der Waals surface area contributed by atoms with Crippen molar-refractivity contribution in [1.29, 1.82) is 0 Å². The summed E-state index contributed by atoms with van der Waals surface area (Å²) in [6.45, 7) is 0. The fourth-order valence-corrected chi connectivity index (χ4v) is 2.33. The zero-order chi connectivity index (χ0) is 20.5. The van der Waals surface area contributed by atoms with Gasteiger partial charge in [-0.1, -0.05) is 24.3 Å². The Morgan fingerprint density at radius 2 is 1.89 bits per heavy atom. The number of hydroxylamine groups is 1. The lowest BCUT2D eigenvalue weighted by molar-refractivity contribution is -0.124. The molecule has 0 saturated carbocycles. The van der Waals surface area contributed by atoms with Crippen LogP contribution >= 0.6 is 0 Å². The lowest BCUT2D eigenvalue weighted by Crippen LogP contribution is -2.27. The number of carbonyl (C=O) groups excluding carboxylic acids is 2. The minimum Gasteiger partial charge on any atom is -0.505 e. The van der Waals surface area contributed by atoms with E-state index in [9.17, 15) is 19.1 Å². The number of phenolic OH excluding ortho intramolecular Hbond substituents is 1. The first-order valence-electron chi connectivity index (χ1n) is 8.10. The van der Waals surface area contributed by atoms with Crippen LogP contribution in [-0.2, 0) is 14.3 Å². The molecule has 2 aromatic carbocycles. The van der Waals surface area contributed by atoms with Crippen molar-refractivity contribution in [2.45, 2.75) is 12.2 Å². The summed E-state index contributed by atoms with van der Waals surface area (Å²) in [6.07, 6.45) is -0.797. The molecule has 148 valence electrons. The number of amides is 2. The van der Waals surface area contributed by atoms with E-state index in [-0.39, 0.29) is 5.56 Å². The number of anilines is 1. The summed E-state index contributed by atoms with van der Waals surface area (Å²) >= 11 is 0. The second-order valence-corrected chi connectivity index (χ2v) is 5.56. The lowest BCUT2D eigenvalue weighted by atomic mass is 10.0. The van der Waals surface area contributed by atoms with Crippen molar-refractivity contribution in [2.75, 3.05) is 12.4 Å². The van der Waals surface area contributed by atoms with Crippen molar-refractivity contribution >= 4 is 17.7 Å². The van der Waals surface area contributed by atoms with E-state index >= 15 is 0 Å². The minimum absolute atomic E-state index is 0.180. The Balaban J connectivity index is 2.28. The minimum atomic E-state index is -1.16. The van der Waals surface area contributed by atoms with Crippen LogP contribution in [0.25, 0.3) is 0 Å². The summed E-state index contributed by atoms with van der Waals surface area (Å²) in [4.78, 5) is 23.5. The number of rotatable bonds is 7. The Morgan fingerprint density at radius 1 is 1.18 bits per heavy atom. The second-order valence-electron chi connectivity index (χ2n) is 5.56. The summed E-state index contributed by atoms with van der Waals surface area (Å²) in [5.74, 6) is -2.31. The summed E-state index contributed by atoms with van der Waals surface area (Å²) in [7, 11) is 1.30. The molecule has 2 atom stereocenters. The third-order valence-electron chi connectivity index (χ3n) is 3.67. The van der Waals surface area contributed by atoms with E-state index in [1.165, 1.54) is 24.7 Å². The predicted molar refractivity (Wildman–Crippen MR) is 97.2 cm³/mol. The van der Waals surface area contributed by atoms with Crippen LogP contribution in [0.3, 0.4) is 0 Å². The van der Waals surface area contributed by atoms with Gasteiger partial charge in [0.15, 0.2) is 17.7 Å². The summed E-state index contributed by atoms with van der Waals surface area (Å²) in [6, 6.07) is 12.0. The first-order chi connectivity index (χ1) is 13.4. The van der Waals surface area contributed by atoms with Gasteiger partial charge in [-0.2, -0.15) is 0 Å². The van der Waals surface area contributed by atoms with Crippen LogP contribution in [0.5, 0.6) is 5.75 Å². The number of aromatic hydroxyl groups is 1. The molecule has 0 fully saturated rings. The molecule has 0 saturated heterocycles. The lowest BCUT2D eigenvalue weighted by Gasteiger charge is -2.24. The smallest absolute Gasteiger partial charge is 0.412 e. The number of carbonyl (C=O) groups is 2. The Bertz CT molecular complexity index is 844. The number of para-hydroxylation sites is 1. The number of nitrogens with one attached hydrogen (secondary N) is 2. The predicted octanol–water partition coefficient (Wildman–Crippen LogP) is 2.90. The fourth-order valence-electron chi connectivity index (χ4n) is 2.33. The van der Waals surface area contributed by atoms with E-state index < -0.39 is 35.8 Å². The highest BCUT2D eigenvalue weighted by atomic mass is 19.1. The quantitative estimate of drug-likeness (QED) is 0.328. The molecule has 0 heterocycles. The van der Waals surface area contributed by atoms with E-state index in [1.54, 1.807) is 30.3 Å². The Hall–Kier alpha value is -3.43. The molecule has 0 spiro atoms. The number of methoxy groups -OCH3 is 1. The van der Waals surface area contributed by atoms with Gasteiger partial charge in [0.1, 0.15) is 6.10 Å². The molecule has 2 rings (SSSR count). The number of hydrogen-bond acceptors (Lipinski definition) is 6. The molecule has 0 aromatic heterocycles. The molecule has 8 nitrogen and oxygen atoms in total. The molecule has 0 unspecified atom stereocenters. The average Bonchev–Trinajstić information content (AvgIpc) is 2.70. The van der Waals surface area contributed by atoms with Gasteiger partial charge in [0.05, 0.1) is 0 Å². The van der Waals surface area contributed by atoms with Gasteiger partial charge in [-0.15, -0.1) is 0 Å². The monoisotopic (exact) mass is 390 g/mol. The summed E-state index contributed by atoms with van der Waals surface area (Å²) < 4.78 is 24.4. The van der Waals surface area contributed by atoms with Crippen LogP contribution < -0.4 is 10.8 Å². The summed E-state index contributed by atoms with van der Waals surface area (Å²) in [5.41, 5.74) is 2.08. The van der Waals surface area contributed by atoms with Crippen molar-refractivity contribution < 1.29 is 33.8 Å². The van der Waals surface area contributed by atoms with Crippen LogP contribution in [0, 0.1) is 5.82 Å². The fraction of sp³-hybridized carbons (Fsp3) is 0.158. The van der Waals surface area contributed by atoms with E-state index in [2.05, 4.69) is 5.32 Å². The molecule has 4 N–H and O–H groups in total. The van der Waals surface area contributed by atoms with Gasteiger partial charge in [0.2, 0.25) is 0 Å². The molecule has 0 aliphatic rings. The van der Waals surface area contributed by atoms with Crippen molar-refractivity contribution in [1.82, 2.24) is 5.48 Å². The summed E-state index contributed by atoms with van der Waals surface area (Å²) in [5, 5.41) is 20.5. The molecule has 0 aliphatic carbocycles. The van der Waals surface area contributed by atoms with Gasteiger partial charge in [-0.25, -0.2) is 14.7 Å². The van der Waals surface area contributed by atoms with Crippen molar-refractivity contribution in [2.24, 2.45) is 0 Å². The third-order valence-corrected chi connectivity index (χ3v) is 3.67. The van der Waals surface area contributed by atoms with Gasteiger partial charge >= 0.3 is 6.09 Å². The van der Waals surface area contributed by atoms with Crippen LogP contribution in [0.2, 0.25) is 0 Å². The zero-order valence-corrected chi connectivity index (χ0v) is 14.8. The standard InChI is InChI=1S/C19H19FN2O6/c1-27-16(9-10-17(24)22-26)18(12-7-8-15(23)14(20)11-12)28-19(25)21-13-5-3-2-4-6-13/h2-11,16,18,23,26H,1H3,(H,21,25)(H,22,24)/b10-9+/t16-,18-/m1/s1. The zero-order valence-electron chi connectivity index (χ0n) is 14.8. The third kappa shape index (κ3) is 5.79. The number of hydrogen-bond donors (Lipinski definition) is 4. The molecule has 0 radical (unpaired) electrons. The molecule has 9 heteroatoms. The molecular formula is C19H19FN2O6. The first-order valence-corrected chi connectivity index (χ1v) is 8.10.